The van der Waals surface area contributed by atoms with Crippen LogP contribution < -0.4 is 9.64 Å². The molecule has 1 amide bonds. The highest BCUT2D eigenvalue weighted by Crippen LogP contribution is 2.43. The highest BCUT2D eigenvalue weighted by Gasteiger charge is 2.38. The molecule has 1 fully saturated rings. The maximum Gasteiger partial charge on any atom is 0.229 e. The van der Waals surface area contributed by atoms with E-state index in [2.05, 4.69) is 23.1 Å². The smallest absolute Gasteiger partial charge is 0.229 e. The fourth-order valence-corrected chi connectivity index (χ4v) is 5.22. The summed E-state index contributed by atoms with van der Waals surface area (Å²) in [6, 6.07) is 18.4. The van der Waals surface area contributed by atoms with E-state index in [-0.39, 0.29) is 11.8 Å². The molecule has 1 atom stereocenters. The molecular formula is C22H21N3O2S2. The zero-order valence-corrected chi connectivity index (χ0v) is 17.9. The molecule has 2 aliphatic heterocycles. The van der Waals surface area contributed by atoms with E-state index >= 15 is 0 Å². The lowest BCUT2D eigenvalue weighted by Gasteiger charge is -2.42. The van der Waals surface area contributed by atoms with E-state index in [4.69, 9.17) is 4.74 Å². The number of thioether (sulfide) groups is 2. The summed E-state index contributed by atoms with van der Waals surface area (Å²) in [6.07, 6.45) is 2.36. The predicted octanol–water partition coefficient (Wildman–Crippen LogP) is 4.64. The first-order valence-corrected chi connectivity index (χ1v) is 11.5. The van der Waals surface area contributed by atoms with Gasteiger partial charge in [-0.05, 0) is 48.2 Å². The molecule has 0 spiro atoms. The van der Waals surface area contributed by atoms with Crippen molar-refractivity contribution < 1.29 is 9.53 Å². The maximum absolute atomic E-state index is 13.0. The Kier molecular flexibility index (Phi) is 5.74. The number of methoxy groups -OCH3 is 1. The Balaban J connectivity index is 1.61. The highest BCUT2D eigenvalue weighted by molar-refractivity contribution is 8.03. The number of hydrogen-bond acceptors (Lipinski definition) is 6. The number of carbonyl (C=O) groups excluding carboxylic acids is 1. The fraction of sp³-hybridized carbons (Fsp3) is 0.273. The first-order valence-electron chi connectivity index (χ1n) is 9.25. The minimum Gasteiger partial charge on any atom is -0.497 e. The van der Waals surface area contributed by atoms with Crippen LogP contribution in [0.1, 0.15) is 17.9 Å². The summed E-state index contributed by atoms with van der Waals surface area (Å²) in [4.78, 5) is 18.1. The normalized spacial score (nSPS) is 19.1. The fourth-order valence-electron chi connectivity index (χ4n) is 3.64. The van der Waals surface area contributed by atoms with Crippen LogP contribution in [0.2, 0.25) is 0 Å². The van der Waals surface area contributed by atoms with E-state index in [0.29, 0.717) is 24.5 Å². The number of carbonyl (C=O) groups is 1. The number of rotatable bonds is 4. The number of hydrogen-bond donors (Lipinski definition) is 0. The first kappa shape index (κ1) is 19.7. The Morgan fingerprint density at radius 1 is 1.17 bits per heavy atom. The molecule has 148 valence electrons. The lowest BCUT2D eigenvalue weighted by Crippen LogP contribution is -2.47. The molecule has 29 heavy (non-hydrogen) atoms. The molecule has 0 radical (unpaired) electrons. The number of nitrogens with zero attached hydrogens (tertiary/aromatic N) is 3. The number of ether oxygens (including phenoxy) is 1. The van der Waals surface area contributed by atoms with Crippen LogP contribution in [0.25, 0.3) is 0 Å². The topological polar surface area (TPSA) is 56.6 Å². The van der Waals surface area contributed by atoms with Gasteiger partial charge >= 0.3 is 0 Å². The Hall–Kier alpha value is -2.56. The summed E-state index contributed by atoms with van der Waals surface area (Å²) in [7, 11) is 1.64. The van der Waals surface area contributed by atoms with Crippen molar-refractivity contribution in [2.75, 3.05) is 30.8 Å². The molecule has 1 unspecified atom stereocenters. The SMILES string of the molecule is COc1ccc(N2CSC3=C(C#N)C(c4ccc(SC)cc4)CC(=O)N3C2)cc1. The molecule has 0 bridgehead atoms. The van der Waals surface area contributed by atoms with Gasteiger partial charge in [0.25, 0.3) is 0 Å². The first-order chi connectivity index (χ1) is 14.1. The van der Waals surface area contributed by atoms with Crippen LogP contribution in [0.4, 0.5) is 5.69 Å². The largest absolute Gasteiger partial charge is 0.497 e. The van der Waals surface area contributed by atoms with Crippen LogP contribution in [-0.2, 0) is 4.79 Å². The summed E-state index contributed by atoms with van der Waals surface area (Å²) in [6.45, 7) is 0.455. The van der Waals surface area contributed by atoms with Gasteiger partial charge in [-0.25, -0.2) is 0 Å². The van der Waals surface area contributed by atoms with Crippen molar-refractivity contribution in [3.8, 4) is 11.8 Å². The second kappa shape index (κ2) is 8.44. The van der Waals surface area contributed by atoms with Gasteiger partial charge in [0, 0.05) is 22.9 Å². The predicted molar refractivity (Wildman–Crippen MR) is 118 cm³/mol. The molecule has 0 aliphatic carbocycles. The lowest BCUT2D eigenvalue weighted by atomic mass is 9.86. The van der Waals surface area contributed by atoms with Crippen LogP contribution >= 0.6 is 23.5 Å². The quantitative estimate of drug-likeness (QED) is 0.668. The van der Waals surface area contributed by atoms with Crippen LogP contribution in [0.3, 0.4) is 0 Å². The summed E-state index contributed by atoms with van der Waals surface area (Å²) < 4.78 is 5.22. The van der Waals surface area contributed by atoms with Crippen molar-refractivity contribution >= 4 is 35.1 Å². The second-order valence-electron chi connectivity index (χ2n) is 6.83. The van der Waals surface area contributed by atoms with Crippen molar-refractivity contribution in [3.05, 3.63) is 64.7 Å². The summed E-state index contributed by atoms with van der Waals surface area (Å²) in [5.41, 5.74) is 2.75. The Morgan fingerprint density at radius 2 is 1.90 bits per heavy atom. The van der Waals surface area contributed by atoms with Crippen molar-refractivity contribution in [1.29, 1.82) is 5.26 Å². The van der Waals surface area contributed by atoms with E-state index in [0.717, 1.165) is 22.0 Å². The molecule has 0 saturated carbocycles. The average Bonchev–Trinajstić information content (AvgIpc) is 2.79. The minimum atomic E-state index is -0.172. The molecule has 7 heteroatoms. The standard InChI is InChI=1S/C22H21N3O2S2/c1-27-17-7-5-16(6-8-17)24-13-25-21(26)11-19(20(12-23)22(25)29-14-24)15-3-9-18(28-2)10-4-15/h3-10,19H,11,13-14H2,1-2H3. The van der Waals surface area contributed by atoms with Crippen LogP contribution in [0.15, 0.2) is 64.0 Å². The van der Waals surface area contributed by atoms with E-state index < -0.39 is 0 Å². The van der Waals surface area contributed by atoms with Gasteiger partial charge in [0.1, 0.15) is 5.75 Å². The van der Waals surface area contributed by atoms with Gasteiger partial charge in [0.15, 0.2) is 0 Å². The number of fused-ring (bicyclic) bond motifs is 1. The van der Waals surface area contributed by atoms with Crippen LogP contribution in [0, 0.1) is 11.3 Å². The van der Waals surface area contributed by atoms with Gasteiger partial charge in [-0.2, -0.15) is 5.26 Å². The maximum atomic E-state index is 13.0. The van der Waals surface area contributed by atoms with Gasteiger partial charge in [0.2, 0.25) is 5.91 Å². The number of nitriles is 1. The second-order valence-corrected chi connectivity index (χ2v) is 8.65. The van der Waals surface area contributed by atoms with E-state index in [1.54, 1.807) is 35.5 Å². The monoisotopic (exact) mass is 423 g/mol. The van der Waals surface area contributed by atoms with Gasteiger partial charge in [0.05, 0.1) is 36.3 Å². The van der Waals surface area contributed by atoms with Crippen molar-refractivity contribution in [3.63, 3.8) is 0 Å². The molecule has 2 aromatic carbocycles. The van der Waals surface area contributed by atoms with Crippen LogP contribution in [-0.4, -0.2) is 36.7 Å². The average molecular weight is 424 g/mol. The van der Waals surface area contributed by atoms with E-state index in [9.17, 15) is 10.1 Å². The third-order valence-electron chi connectivity index (χ3n) is 5.25. The number of allylic oxidation sites excluding steroid dienone is 1. The third-order valence-corrected chi connectivity index (χ3v) is 7.15. The third kappa shape index (κ3) is 3.83. The molecule has 5 nitrogen and oxygen atoms in total. The van der Waals surface area contributed by atoms with Gasteiger partial charge in [-0.1, -0.05) is 23.9 Å². The Labute approximate surface area is 179 Å². The molecule has 2 aromatic rings. The zero-order valence-electron chi connectivity index (χ0n) is 16.3. The minimum absolute atomic E-state index is 0.0589. The van der Waals surface area contributed by atoms with E-state index in [1.807, 2.05) is 42.7 Å². The van der Waals surface area contributed by atoms with Crippen molar-refractivity contribution in [2.24, 2.45) is 0 Å². The molecule has 0 N–H and O–H groups in total. The summed E-state index contributed by atoms with van der Waals surface area (Å²) >= 11 is 3.24. The molecule has 0 aromatic heterocycles. The lowest BCUT2D eigenvalue weighted by molar-refractivity contribution is -0.129. The number of amides is 1. The number of anilines is 1. The summed E-state index contributed by atoms with van der Waals surface area (Å²) in [5, 5.41) is 10.7. The molecular weight excluding hydrogens is 402 g/mol. The molecule has 2 heterocycles. The summed E-state index contributed by atoms with van der Waals surface area (Å²) in [5.74, 6) is 1.38. The Morgan fingerprint density at radius 3 is 2.52 bits per heavy atom. The Bertz CT molecular complexity index is 981. The molecule has 4 rings (SSSR count). The van der Waals surface area contributed by atoms with Gasteiger partial charge in [-0.3, -0.25) is 9.69 Å². The van der Waals surface area contributed by atoms with Crippen molar-refractivity contribution in [1.82, 2.24) is 4.90 Å². The van der Waals surface area contributed by atoms with Crippen LogP contribution in [0.5, 0.6) is 5.75 Å². The van der Waals surface area contributed by atoms with Gasteiger partial charge < -0.3 is 9.64 Å². The molecule has 1 saturated heterocycles. The highest BCUT2D eigenvalue weighted by atomic mass is 32.2. The molecule has 2 aliphatic rings. The zero-order chi connectivity index (χ0) is 20.4. The van der Waals surface area contributed by atoms with Gasteiger partial charge in [-0.15, -0.1) is 11.8 Å². The van der Waals surface area contributed by atoms with Crippen molar-refractivity contribution in [2.45, 2.75) is 17.2 Å². The van der Waals surface area contributed by atoms with E-state index in [1.165, 1.54) is 4.90 Å². The number of benzene rings is 2.